The standard InChI is InChI=1S/C32H38Br2N2O3/c1-22(2)19-35-31(38)28(17-23-9-7-6-8-10-23)36(20-24-11-14-26(33)15-12-24)30(37)21-39-29-16-13-25(18-27(29)34)32(3,4)5/h6-16,18,22,28H,17,19-21H2,1-5H3,(H,35,38)/t28-/m0/s1. The summed E-state index contributed by atoms with van der Waals surface area (Å²) >= 11 is 7.08. The second kappa shape index (κ2) is 14.1. The highest BCUT2D eigenvalue weighted by Gasteiger charge is 2.31. The van der Waals surface area contributed by atoms with Gasteiger partial charge < -0.3 is 15.0 Å². The lowest BCUT2D eigenvalue weighted by atomic mass is 9.87. The molecule has 0 saturated heterocycles. The fraction of sp³-hybridized carbons (Fsp3) is 0.375. The van der Waals surface area contributed by atoms with E-state index in [2.05, 4.69) is 57.9 Å². The first-order chi connectivity index (χ1) is 18.4. The van der Waals surface area contributed by atoms with E-state index in [9.17, 15) is 9.59 Å². The minimum atomic E-state index is -0.697. The molecule has 0 heterocycles. The summed E-state index contributed by atoms with van der Waals surface area (Å²) in [5.74, 6) is 0.446. The first-order valence-electron chi connectivity index (χ1n) is 13.2. The molecule has 1 atom stereocenters. The highest BCUT2D eigenvalue weighted by atomic mass is 79.9. The molecule has 5 nitrogen and oxygen atoms in total. The van der Waals surface area contributed by atoms with E-state index in [1.807, 2.05) is 86.6 Å². The maximum Gasteiger partial charge on any atom is 0.261 e. The van der Waals surface area contributed by atoms with Gasteiger partial charge in [-0.25, -0.2) is 0 Å². The van der Waals surface area contributed by atoms with Gasteiger partial charge in [0, 0.05) is 24.0 Å². The zero-order valence-electron chi connectivity index (χ0n) is 23.3. The zero-order chi connectivity index (χ0) is 28.6. The number of rotatable bonds is 11. The summed E-state index contributed by atoms with van der Waals surface area (Å²) in [6.07, 6.45) is 0.400. The van der Waals surface area contributed by atoms with Crippen LogP contribution < -0.4 is 10.1 Å². The van der Waals surface area contributed by atoms with E-state index in [4.69, 9.17) is 4.74 Å². The second-order valence-electron chi connectivity index (χ2n) is 11.2. The van der Waals surface area contributed by atoms with E-state index < -0.39 is 6.04 Å². The number of hydrogen-bond donors (Lipinski definition) is 1. The lowest BCUT2D eigenvalue weighted by molar-refractivity contribution is -0.142. The summed E-state index contributed by atoms with van der Waals surface area (Å²) < 4.78 is 7.75. The molecule has 2 amide bonds. The van der Waals surface area contributed by atoms with Crippen molar-refractivity contribution in [2.45, 2.75) is 59.0 Å². The highest BCUT2D eigenvalue weighted by molar-refractivity contribution is 9.10. The van der Waals surface area contributed by atoms with Gasteiger partial charge in [0.05, 0.1) is 4.47 Å². The first-order valence-corrected chi connectivity index (χ1v) is 14.8. The van der Waals surface area contributed by atoms with Crippen LogP contribution in [0.4, 0.5) is 0 Å². The Bertz CT molecular complexity index is 1240. The minimum Gasteiger partial charge on any atom is -0.483 e. The van der Waals surface area contributed by atoms with Gasteiger partial charge in [0.1, 0.15) is 11.8 Å². The van der Waals surface area contributed by atoms with Gasteiger partial charge in [-0.2, -0.15) is 0 Å². The Hall–Kier alpha value is -2.64. The molecule has 7 heteroatoms. The van der Waals surface area contributed by atoms with Crippen molar-refractivity contribution in [3.8, 4) is 5.75 Å². The molecule has 208 valence electrons. The normalized spacial score (nSPS) is 12.2. The maximum absolute atomic E-state index is 13.8. The fourth-order valence-electron chi connectivity index (χ4n) is 4.07. The van der Waals surface area contributed by atoms with Crippen molar-refractivity contribution in [3.05, 3.63) is 98.4 Å². The predicted molar refractivity (Wildman–Crippen MR) is 165 cm³/mol. The molecule has 0 spiro atoms. The van der Waals surface area contributed by atoms with Crippen molar-refractivity contribution >= 4 is 43.7 Å². The zero-order valence-corrected chi connectivity index (χ0v) is 26.5. The number of carbonyl (C=O) groups is 2. The third-order valence-corrected chi connectivity index (χ3v) is 7.52. The molecule has 0 radical (unpaired) electrons. The van der Waals surface area contributed by atoms with Crippen LogP contribution in [-0.4, -0.2) is 35.9 Å². The van der Waals surface area contributed by atoms with Crippen molar-refractivity contribution in [2.75, 3.05) is 13.2 Å². The van der Waals surface area contributed by atoms with Gasteiger partial charge in [-0.05, 0) is 68.2 Å². The molecular formula is C32H38Br2N2O3. The number of hydrogen-bond acceptors (Lipinski definition) is 3. The summed E-state index contributed by atoms with van der Waals surface area (Å²) in [5.41, 5.74) is 3.07. The molecule has 0 aliphatic carbocycles. The molecule has 0 aliphatic rings. The smallest absolute Gasteiger partial charge is 0.261 e. The third-order valence-electron chi connectivity index (χ3n) is 6.37. The van der Waals surface area contributed by atoms with Crippen LogP contribution >= 0.6 is 31.9 Å². The summed E-state index contributed by atoms with van der Waals surface area (Å²) in [4.78, 5) is 29.0. The number of amides is 2. The lowest BCUT2D eigenvalue weighted by Gasteiger charge is -2.32. The average molecular weight is 658 g/mol. The summed E-state index contributed by atoms with van der Waals surface area (Å²) in [6.45, 7) is 11.2. The summed E-state index contributed by atoms with van der Waals surface area (Å²) in [5, 5.41) is 3.05. The molecule has 0 bridgehead atoms. The molecule has 1 N–H and O–H groups in total. The van der Waals surface area contributed by atoms with Gasteiger partial charge in [0.2, 0.25) is 5.91 Å². The minimum absolute atomic E-state index is 0.00759. The number of nitrogens with zero attached hydrogens (tertiary/aromatic N) is 1. The van der Waals surface area contributed by atoms with Crippen LogP contribution in [0.1, 0.15) is 51.3 Å². The molecule has 3 rings (SSSR count). The van der Waals surface area contributed by atoms with Crippen LogP contribution in [0, 0.1) is 5.92 Å². The molecule has 0 saturated carbocycles. The van der Waals surface area contributed by atoms with Gasteiger partial charge in [-0.1, -0.05) is 99.1 Å². The molecular weight excluding hydrogens is 620 g/mol. The van der Waals surface area contributed by atoms with E-state index in [-0.39, 0.29) is 30.4 Å². The molecule has 3 aromatic rings. The molecule has 3 aromatic carbocycles. The van der Waals surface area contributed by atoms with E-state index in [0.717, 1.165) is 25.6 Å². The highest BCUT2D eigenvalue weighted by Crippen LogP contribution is 2.31. The topological polar surface area (TPSA) is 58.6 Å². The SMILES string of the molecule is CC(C)CNC(=O)[C@H](Cc1ccccc1)N(Cc1ccc(Br)cc1)C(=O)COc1ccc(C(C)(C)C)cc1Br. The Balaban J connectivity index is 1.90. The predicted octanol–water partition coefficient (Wildman–Crippen LogP) is 7.30. The van der Waals surface area contributed by atoms with Crippen LogP contribution in [0.3, 0.4) is 0 Å². The second-order valence-corrected chi connectivity index (χ2v) is 12.9. The molecule has 0 fully saturated rings. The fourth-order valence-corrected chi connectivity index (χ4v) is 4.83. The van der Waals surface area contributed by atoms with Crippen LogP contribution in [-0.2, 0) is 28.0 Å². The monoisotopic (exact) mass is 656 g/mol. The summed E-state index contributed by atoms with van der Waals surface area (Å²) in [6, 6.07) is 22.8. The van der Waals surface area contributed by atoms with Gasteiger partial charge in [-0.15, -0.1) is 0 Å². The van der Waals surface area contributed by atoms with Crippen LogP contribution in [0.25, 0.3) is 0 Å². The Morgan fingerprint density at radius 1 is 0.923 bits per heavy atom. The number of ether oxygens (including phenoxy) is 1. The molecule has 0 aromatic heterocycles. The van der Waals surface area contributed by atoms with Crippen molar-refractivity contribution in [1.29, 1.82) is 0 Å². The van der Waals surface area contributed by atoms with Gasteiger partial charge in [0.25, 0.3) is 5.91 Å². The van der Waals surface area contributed by atoms with E-state index in [0.29, 0.717) is 24.6 Å². The van der Waals surface area contributed by atoms with Crippen molar-refractivity contribution in [3.63, 3.8) is 0 Å². The van der Waals surface area contributed by atoms with Gasteiger partial charge >= 0.3 is 0 Å². The van der Waals surface area contributed by atoms with Crippen LogP contribution in [0.2, 0.25) is 0 Å². The molecule has 39 heavy (non-hydrogen) atoms. The maximum atomic E-state index is 13.8. The lowest BCUT2D eigenvalue weighted by Crippen LogP contribution is -2.52. The van der Waals surface area contributed by atoms with Crippen molar-refractivity contribution in [1.82, 2.24) is 10.2 Å². The number of nitrogens with one attached hydrogen (secondary N) is 1. The van der Waals surface area contributed by atoms with E-state index in [1.54, 1.807) is 4.90 Å². The van der Waals surface area contributed by atoms with Crippen molar-refractivity contribution in [2.24, 2.45) is 5.92 Å². The van der Waals surface area contributed by atoms with Crippen molar-refractivity contribution < 1.29 is 14.3 Å². The van der Waals surface area contributed by atoms with E-state index in [1.165, 1.54) is 0 Å². The van der Waals surface area contributed by atoms with Crippen LogP contribution in [0.5, 0.6) is 5.75 Å². The third kappa shape index (κ3) is 9.50. The number of benzene rings is 3. The average Bonchev–Trinajstić information content (AvgIpc) is 2.89. The Kier molecular flexibility index (Phi) is 11.2. The summed E-state index contributed by atoms with van der Waals surface area (Å²) in [7, 11) is 0. The Morgan fingerprint density at radius 3 is 2.18 bits per heavy atom. The molecule has 0 aliphatic heterocycles. The van der Waals surface area contributed by atoms with E-state index >= 15 is 0 Å². The quantitative estimate of drug-likeness (QED) is 0.235. The Labute approximate surface area is 249 Å². The Morgan fingerprint density at radius 2 is 1.59 bits per heavy atom. The number of carbonyl (C=O) groups excluding carboxylic acids is 2. The number of halogens is 2. The van der Waals surface area contributed by atoms with Gasteiger partial charge in [-0.3, -0.25) is 9.59 Å². The largest absolute Gasteiger partial charge is 0.483 e. The first kappa shape index (κ1) is 30.9. The van der Waals surface area contributed by atoms with Crippen LogP contribution in [0.15, 0.2) is 81.7 Å². The molecule has 0 unspecified atom stereocenters. The van der Waals surface area contributed by atoms with Gasteiger partial charge in [0.15, 0.2) is 6.61 Å².